The number of aromatic hydroxyl groups is 1. The molecular formula is C22H23N3O4. The second kappa shape index (κ2) is 9.05. The van der Waals surface area contributed by atoms with Crippen molar-refractivity contribution >= 4 is 17.5 Å². The molecule has 0 fully saturated rings. The van der Waals surface area contributed by atoms with Crippen molar-refractivity contribution in [3.63, 3.8) is 0 Å². The van der Waals surface area contributed by atoms with Crippen LogP contribution in [0.5, 0.6) is 5.75 Å². The molecule has 29 heavy (non-hydrogen) atoms. The number of benzene rings is 2. The number of nitrogens with one attached hydrogen (secondary N) is 1. The number of nitrogens with zero attached hydrogens (tertiary/aromatic N) is 2. The average Bonchev–Trinajstić information content (AvgIpc) is 3.17. The number of phenolic OH excluding ortho intramolecular Hbond substituents is 1. The lowest BCUT2D eigenvalue weighted by Crippen LogP contribution is -2.35. The summed E-state index contributed by atoms with van der Waals surface area (Å²) in [7, 11) is 1.58. The third-order valence-corrected chi connectivity index (χ3v) is 4.40. The van der Waals surface area contributed by atoms with Crippen LogP contribution in [0.15, 0.2) is 59.1 Å². The molecule has 1 heterocycles. The number of amides is 2. The van der Waals surface area contributed by atoms with E-state index in [1.807, 2.05) is 31.2 Å². The quantitative estimate of drug-likeness (QED) is 0.600. The minimum Gasteiger partial charge on any atom is -0.508 e. The van der Waals surface area contributed by atoms with Crippen molar-refractivity contribution in [2.45, 2.75) is 19.8 Å². The smallest absolute Gasteiger partial charge is 0.243 e. The van der Waals surface area contributed by atoms with Crippen molar-refractivity contribution in [3.05, 3.63) is 66.2 Å². The molecule has 2 aromatic carbocycles. The van der Waals surface area contributed by atoms with Crippen LogP contribution in [0.4, 0.5) is 5.69 Å². The van der Waals surface area contributed by atoms with Crippen LogP contribution in [-0.4, -0.2) is 40.4 Å². The van der Waals surface area contributed by atoms with Gasteiger partial charge in [0.1, 0.15) is 5.75 Å². The van der Waals surface area contributed by atoms with Gasteiger partial charge in [-0.25, -0.2) is 4.98 Å². The maximum absolute atomic E-state index is 12.3. The Balaban J connectivity index is 1.48. The molecule has 2 amide bonds. The molecule has 0 unspecified atom stereocenters. The van der Waals surface area contributed by atoms with Gasteiger partial charge < -0.3 is 19.7 Å². The van der Waals surface area contributed by atoms with Crippen LogP contribution in [0, 0.1) is 6.92 Å². The van der Waals surface area contributed by atoms with E-state index in [1.54, 1.807) is 25.4 Å². The van der Waals surface area contributed by atoms with E-state index in [0.717, 1.165) is 11.1 Å². The number of rotatable bonds is 7. The number of oxazole rings is 1. The first-order valence-electron chi connectivity index (χ1n) is 9.25. The first kappa shape index (κ1) is 20.1. The first-order chi connectivity index (χ1) is 13.9. The Kier molecular flexibility index (Phi) is 6.29. The minimum atomic E-state index is -0.315. The van der Waals surface area contributed by atoms with Crippen LogP contribution in [0.3, 0.4) is 0 Å². The van der Waals surface area contributed by atoms with Gasteiger partial charge in [0.25, 0.3) is 0 Å². The lowest BCUT2D eigenvalue weighted by atomic mass is 10.1. The summed E-state index contributed by atoms with van der Waals surface area (Å²) in [5, 5.41) is 11.9. The van der Waals surface area contributed by atoms with Gasteiger partial charge in [-0.15, -0.1) is 0 Å². The van der Waals surface area contributed by atoms with Crippen molar-refractivity contribution in [1.82, 2.24) is 9.88 Å². The largest absolute Gasteiger partial charge is 0.508 e. The highest BCUT2D eigenvalue weighted by molar-refractivity contribution is 5.94. The van der Waals surface area contributed by atoms with Crippen molar-refractivity contribution < 1.29 is 19.1 Å². The lowest BCUT2D eigenvalue weighted by molar-refractivity contribution is -0.133. The summed E-state index contributed by atoms with van der Waals surface area (Å²) < 4.78 is 5.73. The van der Waals surface area contributed by atoms with Crippen molar-refractivity contribution in [2.75, 3.05) is 18.9 Å². The Morgan fingerprint density at radius 3 is 2.48 bits per heavy atom. The van der Waals surface area contributed by atoms with Crippen LogP contribution in [-0.2, 0) is 16.0 Å². The van der Waals surface area contributed by atoms with E-state index >= 15 is 0 Å². The molecule has 0 aliphatic heterocycles. The highest BCUT2D eigenvalue weighted by Crippen LogP contribution is 2.21. The zero-order chi connectivity index (χ0) is 20.8. The number of hydrogen-bond acceptors (Lipinski definition) is 5. The molecule has 0 radical (unpaired) electrons. The van der Waals surface area contributed by atoms with E-state index in [0.29, 0.717) is 23.8 Å². The summed E-state index contributed by atoms with van der Waals surface area (Å²) >= 11 is 0. The molecule has 0 aliphatic carbocycles. The number of likely N-dealkylation sites (N-methyl/N-ethyl adjacent to an activating group) is 1. The van der Waals surface area contributed by atoms with Crippen LogP contribution in [0.2, 0.25) is 0 Å². The Labute approximate surface area is 169 Å². The van der Waals surface area contributed by atoms with E-state index in [4.69, 9.17) is 4.42 Å². The molecule has 150 valence electrons. The predicted octanol–water partition coefficient (Wildman–Crippen LogP) is 3.39. The molecular weight excluding hydrogens is 370 g/mol. The number of phenols is 1. The van der Waals surface area contributed by atoms with Crippen LogP contribution >= 0.6 is 0 Å². The van der Waals surface area contributed by atoms with Gasteiger partial charge >= 0.3 is 0 Å². The maximum Gasteiger partial charge on any atom is 0.243 e. The summed E-state index contributed by atoms with van der Waals surface area (Å²) in [6.07, 6.45) is 2.20. The standard InChI is InChI=1S/C22H23N3O4/c1-15-3-5-16(6-4-15)19-13-23-21(29-19)11-12-22(28)25(2)14-20(27)24-17-7-9-18(26)10-8-17/h3-10,13,26H,11-12,14H2,1-2H3,(H,24,27). The van der Waals surface area contributed by atoms with E-state index < -0.39 is 0 Å². The molecule has 0 saturated carbocycles. The molecule has 0 spiro atoms. The molecule has 7 heteroatoms. The molecule has 3 aromatic rings. The van der Waals surface area contributed by atoms with Gasteiger partial charge in [-0.05, 0) is 31.2 Å². The van der Waals surface area contributed by atoms with E-state index in [9.17, 15) is 14.7 Å². The number of carbonyl (C=O) groups excluding carboxylic acids is 2. The van der Waals surface area contributed by atoms with Crippen molar-refractivity contribution in [2.24, 2.45) is 0 Å². The van der Waals surface area contributed by atoms with Crippen LogP contribution < -0.4 is 5.32 Å². The third kappa shape index (κ3) is 5.68. The molecule has 3 rings (SSSR count). The molecule has 0 atom stereocenters. The Bertz CT molecular complexity index is 978. The summed E-state index contributed by atoms with van der Waals surface area (Å²) in [4.78, 5) is 30.0. The molecule has 7 nitrogen and oxygen atoms in total. The number of hydrogen-bond donors (Lipinski definition) is 2. The number of aryl methyl sites for hydroxylation is 2. The molecule has 0 aliphatic rings. The Hall–Kier alpha value is -3.61. The summed E-state index contributed by atoms with van der Waals surface area (Å²) in [6, 6.07) is 14.1. The second-order valence-corrected chi connectivity index (χ2v) is 6.83. The average molecular weight is 393 g/mol. The normalized spacial score (nSPS) is 10.6. The topological polar surface area (TPSA) is 95.7 Å². The van der Waals surface area contributed by atoms with Gasteiger partial charge in [0.2, 0.25) is 11.8 Å². The van der Waals surface area contributed by atoms with E-state index in [-0.39, 0.29) is 30.5 Å². The highest BCUT2D eigenvalue weighted by Gasteiger charge is 2.15. The fraction of sp³-hybridized carbons (Fsp3) is 0.227. The number of carbonyl (C=O) groups is 2. The monoisotopic (exact) mass is 393 g/mol. The van der Waals surface area contributed by atoms with Gasteiger partial charge in [0.05, 0.1) is 12.7 Å². The zero-order valence-electron chi connectivity index (χ0n) is 16.4. The number of aromatic nitrogens is 1. The zero-order valence-corrected chi connectivity index (χ0v) is 16.4. The van der Waals surface area contributed by atoms with Gasteiger partial charge in [-0.2, -0.15) is 0 Å². The predicted molar refractivity (Wildman–Crippen MR) is 109 cm³/mol. The highest BCUT2D eigenvalue weighted by atomic mass is 16.4. The molecule has 2 N–H and O–H groups in total. The van der Waals surface area contributed by atoms with E-state index in [1.165, 1.54) is 17.0 Å². The van der Waals surface area contributed by atoms with Gasteiger partial charge in [-0.3, -0.25) is 9.59 Å². The fourth-order valence-corrected chi connectivity index (χ4v) is 2.73. The van der Waals surface area contributed by atoms with Crippen LogP contribution in [0.1, 0.15) is 17.9 Å². The molecule has 0 bridgehead atoms. The minimum absolute atomic E-state index is 0.0695. The SMILES string of the molecule is Cc1ccc(-c2cnc(CCC(=O)N(C)CC(=O)Nc3ccc(O)cc3)o2)cc1. The molecule has 0 saturated heterocycles. The van der Waals surface area contributed by atoms with Gasteiger partial charge in [-0.1, -0.05) is 29.8 Å². The van der Waals surface area contributed by atoms with Gasteiger partial charge in [0.15, 0.2) is 11.7 Å². The van der Waals surface area contributed by atoms with Gasteiger partial charge in [0, 0.05) is 31.1 Å². The van der Waals surface area contributed by atoms with Crippen LogP contribution in [0.25, 0.3) is 11.3 Å². The first-order valence-corrected chi connectivity index (χ1v) is 9.25. The summed E-state index contributed by atoms with van der Waals surface area (Å²) in [5.74, 6) is 0.766. The van der Waals surface area contributed by atoms with Crippen molar-refractivity contribution in [1.29, 1.82) is 0 Å². The Morgan fingerprint density at radius 1 is 1.10 bits per heavy atom. The Morgan fingerprint density at radius 2 is 1.79 bits per heavy atom. The van der Waals surface area contributed by atoms with Crippen molar-refractivity contribution in [3.8, 4) is 17.1 Å². The summed E-state index contributed by atoms with van der Waals surface area (Å²) in [6.45, 7) is 1.95. The maximum atomic E-state index is 12.3. The number of anilines is 1. The molecule has 1 aromatic heterocycles. The lowest BCUT2D eigenvalue weighted by Gasteiger charge is -2.16. The fourth-order valence-electron chi connectivity index (χ4n) is 2.73. The second-order valence-electron chi connectivity index (χ2n) is 6.83. The third-order valence-electron chi connectivity index (χ3n) is 4.40. The van der Waals surface area contributed by atoms with E-state index in [2.05, 4.69) is 10.3 Å². The summed E-state index contributed by atoms with van der Waals surface area (Å²) in [5.41, 5.74) is 2.65.